The summed E-state index contributed by atoms with van der Waals surface area (Å²) < 4.78 is 0. The molecule has 0 atom stereocenters. The molecule has 5 aliphatic heterocycles. The van der Waals surface area contributed by atoms with E-state index >= 15 is 0 Å². The summed E-state index contributed by atoms with van der Waals surface area (Å²) in [6, 6.07) is 31.3. The van der Waals surface area contributed by atoms with Crippen molar-refractivity contribution in [3.05, 3.63) is 202 Å². The Morgan fingerprint density at radius 2 is 0.671 bits per heavy atom. The highest BCUT2D eigenvalue weighted by Crippen LogP contribution is 2.38. The number of aliphatic imine (C=N–C) groups is 4. The van der Waals surface area contributed by atoms with Crippen molar-refractivity contribution in [1.29, 1.82) is 0 Å². The third-order valence-electron chi connectivity index (χ3n) is 12.6. The number of nitrogens with two attached hydrogens (primary N) is 2. The average Bonchev–Trinajstić information content (AvgIpc) is 4.22. The summed E-state index contributed by atoms with van der Waals surface area (Å²) in [5.41, 5.74) is 15.5. The third-order valence-corrected chi connectivity index (χ3v) is 12.6. The van der Waals surface area contributed by atoms with Crippen molar-refractivity contribution < 1.29 is 41.0 Å². The number of hydrogen-bond acceptors (Lipinski definition) is 8. The van der Waals surface area contributed by atoms with E-state index in [9.17, 15) is 20.4 Å². The topological polar surface area (TPSA) is 204 Å². The molecule has 5 aliphatic rings. The number of para-hydroxylation sites is 4. The Labute approximate surface area is 443 Å². The number of nitrogens with one attached hydrogen (secondary N) is 2. The number of likely N-dealkylation sites (N-methyl/N-ethyl adjacent to an activating group) is 4. The number of quaternary nitrogens is 2. The molecule has 0 radical (unpaired) electrons. The Hall–Kier alpha value is -8.48. The van der Waals surface area contributed by atoms with E-state index in [1.54, 1.807) is 0 Å². The lowest BCUT2D eigenvalue weighted by molar-refractivity contribution is -0.538. The smallest absolute Gasteiger partial charge is 0.218 e. The minimum Gasteiger partial charge on any atom is -0.495 e. The summed E-state index contributed by atoms with van der Waals surface area (Å²) in [6.45, 7) is 1.01. The van der Waals surface area contributed by atoms with Gasteiger partial charge in [0, 0.05) is 70.9 Å². The fourth-order valence-corrected chi connectivity index (χ4v) is 9.67. The number of benzene rings is 4. The van der Waals surface area contributed by atoms with E-state index in [0.29, 0.717) is 22.7 Å². The summed E-state index contributed by atoms with van der Waals surface area (Å²) in [5.74, 6) is -0.101. The third kappa shape index (κ3) is 11.9. The largest absolute Gasteiger partial charge is 0.495 e. The predicted octanol–water partition coefficient (Wildman–Crippen LogP) is 3.90. The Morgan fingerprint density at radius 1 is 0.382 bits per heavy atom. The molecule has 386 valence electrons. The molecule has 0 fully saturated rings. The van der Waals surface area contributed by atoms with Crippen LogP contribution in [0.3, 0.4) is 0 Å². The van der Waals surface area contributed by atoms with Crippen LogP contribution >= 0.6 is 0 Å². The molecule has 5 heterocycles. The van der Waals surface area contributed by atoms with Gasteiger partial charge in [-0.25, -0.2) is 30.0 Å². The minimum absolute atomic E-state index is 0.0252. The first-order chi connectivity index (χ1) is 36.6. The van der Waals surface area contributed by atoms with Gasteiger partial charge in [-0.15, -0.1) is 0 Å². The molecule has 10 N–H and O–H groups in total. The van der Waals surface area contributed by atoms with Crippen molar-refractivity contribution in [2.45, 2.75) is 0 Å². The molecule has 76 heavy (non-hydrogen) atoms. The number of aliphatic hydroxyl groups is 4. The van der Waals surface area contributed by atoms with Gasteiger partial charge in [-0.05, 0) is 80.6 Å². The lowest BCUT2D eigenvalue weighted by Gasteiger charge is -2.14. The van der Waals surface area contributed by atoms with Gasteiger partial charge in [0.1, 0.15) is 45.1 Å². The van der Waals surface area contributed by atoms with E-state index in [4.69, 9.17) is 20.0 Å². The van der Waals surface area contributed by atoms with E-state index < -0.39 is 0 Å². The number of nitrogens with zero attached hydrogens (tertiary/aromatic N) is 8. The minimum atomic E-state index is -0.0252. The van der Waals surface area contributed by atoms with E-state index in [1.165, 1.54) is 0 Å². The van der Waals surface area contributed by atoms with Gasteiger partial charge in [0.2, 0.25) is 46.4 Å². The van der Waals surface area contributed by atoms with Crippen molar-refractivity contribution in [3.63, 3.8) is 0 Å². The quantitative estimate of drug-likeness (QED) is 0.0610. The van der Waals surface area contributed by atoms with Crippen LogP contribution in [0.5, 0.6) is 0 Å². The molecular formula is C60H66N12O4+4. The molecule has 16 heteroatoms. The highest BCUT2D eigenvalue weighted by molar-refractivity contribution is 6.30. The molecule has 0 amide bonds. The molecule has 16 nitrogen and oxygen atoms in total. The standard InChI is InChI=1S/C60H62N12O4/c1-69(2)33-53(73)65-41-21-13-9-17-37(41)57-45-25-27-47(61-45)58(38-18-10-14-22-42(38)66-54(74)34-70(3)4)49-29-31-51(63-49)60(40-20-12-16-24-44(40)68-56(76)36-72(7)8)52-32-30-50(64-52)59(48-28-26-46(57)62-48)39-19-11-15-23-43(39)67-55(75)35-71(5)6/h9-32,61,64H,33-36H2,1-8H3,(H,65,73)(H,66,74)(H,67,75)(H,68,76)/p+4. The Kier molecular flexibility index (Phi) is 15.8. The highest BCUT2D eigenvalue weighted by atomic mass is 16.3. The molecule has 8 bridgehead atoms. The monoisotopic (exact) mass is 1020 g/mol. The number of hydrogen-bond donors (Lipinski definition) is 8. The van der Waals surface area contributed by atoms with Crippen molar-refractivity contribution in [2.75, 3.05) is 82.6 Å². The van der Waals surface area contributed by atoms with Gasteiger partial charge in [0.05, 0.1) is 48.9 Å². The van der Waals surface area contributed by atoms with E-state index in [0.717, 1.165) is 90.2 Å². The van der Waals surface area contributed by atoms with E-state index in [2.05, 4.69) is 69.2 Å². The van der Waals surface area contributed by atoms with Gasteiger partial charge >= 0.3 is 0 Å². The maximum absolute atomic E-state index is 11.2. The molecule has 0 unspecified atom stereocenters. The molecule has 0 saturated heterocycles. The lowest BCUT2D eigenvalue weighted by Crippen LogP contribution is -2.81. The average molecular weight is 1020 g/mol. The van der Waals surface area contributed by atoms with Crippen molar-refractivity contribution in [3.8, 4) is 0 Å². The number of aliphatic hydroxyl groups excluding tert-OH is 4. The summed E-state index contributed by atoms with van der Waals surface area (Å²) in [6.07, 6.45) is 16.7. The Bertz CT molecular complexity index is 3250. The van der Waals surface area contributed by atoms with Crippen molar-refractivity contribution in [2.24, 2.45) is 20.0 Å². The molecule has 0 saturated carbocycles. The van der Waals surface area contributed by atoms with Crippen LogP contribution in [0.2, 0.25) is 0 Å². The normalized spacial score (nSPS) is 17.2. The first-order valence-electron chi connectivity index (χ1n) is 25.0. The molecule has 9 rings (SSSR count). The number of allylic oxidation sites excluding steroid dienone is 12. The predicted molar refractivity (Wildman–Crippen MR) is 306 cm³/mol. The van der Waals surface area contributed by atoms with Crippen LogP contribution in [0, 0.1) is 0 Å². The summed E-state index contributed by atoms with van der Waals surface area (Å²) in [4.78, 5) is 34.4. The van der Waals surface area contributed by atoms with Crippen LogP contribution in [-0.2, 0) is 0 Å². The first-order valence-corrected chi connectivity index (χ1v) is 25.0. The van der Waals surface area contributed by atoms with Gasteiger partial charge in [0.25, 0.3) is 0 Å². The summed E-state index contributed by atoms with van der Waals surface area (Å²) in [5, 5.41) is 49.2. The summed E-state index contributed by atoms with van der Waals surface area (Å²) >= 11 is 0. The zero-order valence-corrected chi connectivity index (χ0v) is 44.2. The van der Waals surface area contributed by atoms with Gasteiger partial charge in [-0.1, -0.05) is 72.8 Å². The molecule has 0 spiro atoms. The Balaban J connectivity index is 1.37. The second-order valence-electron chi connectivity index (χ2n) is 20.0. The van der Waals surface area contributed by atoms with Crippen LogP contribution < -0.4 is 20.6 Å². The number of fused-ring (bicyclic) bond motifs is 6. The van der Waals surface area contributed by atoms with Crippen molar-refractivity contribution >= 4 is 80.1 Å². The maximum Gasteiger partial charge on any atom is 0.218 e. The van der Waals surface area contributed by atoms with Crippen LogP contribution in [0.25, 0.3) is 22.3 Å². The summed E-state index contributed by atoms with van der Waals surface area (Å²) in [7, 11) is 15.1. The maximum atomic E-state index is 11.2. The van der Waals surface area contributed by atoms with Crippen LogP contribution in [0.1, 0.15) is 22.3 Å². The second-order valence-corrected chi connectivity index (χ2v) is 20.0. The second kappa shape index (κ2) is 23.0. The van der Waals surface area contributed by atoms with Crippen LogP contribution in [0.15, 0.2) is 200 Å². The van der Waals surface area contributed by atoms with Crippen molar-refractivity contribution in [1.82, 2.24) is 19.6 Å². The number of rotatable bonds is 16. The first kappa shape index (κ1) is 52.4. The van der Waals surface area contributed by atoms with Gasteiger partial charge in [0.15, 0.2) is 0 Å². The van der Waals surface area contributed by atoms with Gasteiger partial charge < -0.3 is 40.0 Å². The van der Waals surface area contributed by atoms with Crippen LogP contribution in [-0.4, -0.2) is 158 Å². The fraction of sp³-hybridized carbons (Fsp3) is 0.200. The van der Waals surface area contributed by atoms with Gasteiger partial charge in [-0.3, -0.25) is 10.6 Å². The molecule has 0 aromatic heterocycles. The molecule has 0 aliphatic carbocycles. The molecule has 4 aromatic rings. The highest BCUT2D eigenvalue weighted by Gasteiger charge is 2.38. The fourth-order valence-electron chi connectivity index (χ4n) is 9.67. The van der Waals surface area contributed by atoms with Crippen LogP contribution in [0.4, 0.5) is 22.7 Å². The van der Waals surface area contributed by atoms with Gasteiger partial charge in [-0.2, -0.15) is 0 Å². The van der Waals surface area contributed by atoms with E-state index in [-0.39, 0.29) is 49.8 Å². The molecular weight excluding hydrogens is 953 g/mol. The van der Waals surface area contributed by atoms with E-state index in [1.807, 2.05) is 173 Å². The lowest BCUT2D eigenvalue weighted by atomic mass is 9.96. The Morgan fingerprint density at radius 3 is 0.974 bits per heavy atom. The SMILES string of the molecule is CN(C)CC(O)=Nc1ccccc1C1=C2C=CC(=[NH+]2)C(c2ccccc2N=C(O)CN(C)C)=C2C=CC(=C(c3ccccc3N=C(O)CN(C)C)C3=[NH+]C(=C(c4ccccc4N=C(O)CN(C)C)C4=CC=C1[NH2+]4)C=C3)[NH2+]2. The zero-order valence-electron chi connectivity index (χ0n) is 44.2. The zero-order chi connectivity index (χ0) is 53.6. The molecule has 4 aromatic carbocycles.